The van der Waals surface area contributed by atoms with Crippen LogP contribution in [-0.2, 0) is 25.3 Å². The highest BCUT2D eigenvalue weighted by atomic mass is 32.3. The maximum atomic E-state index is 11.7. The van der Waals surface area contributed by atoms with Crippen LogP contribution in [0.25, 0.3) is 0 Å². The molecule has 7 nitrogen and oxygen atoms in total. The summed E-state index contributed by atoms with van der Waals surface area (Å²) in [6.45, 7) is 31.7. The number of hydrogen-bond acceptors (Lipinski definition) is 7. The minimum absolute atomic E-state index is 0.132. The molecule has 0 spiro atoms. The fraction of sp³-hybridized carbons (Fsp3) is 0.854. The van der Waals surface area contributed by atoms with Gasteiger partial charge in [-0.1, -0.05) is 160 Å². The molecule has 2 N–H and O–H groups in total. The maximum absolute atomic E-state index is 11.7. The fourth-order valence-corrected chi connectivity index (χ4v) is 19.1. The van der Waals surface area contributed by atoms with E-state index in [4.69, 9.17) is 29.1 Å². The average molecular weight is 840 g/mol. The predicted octanol–water partition coefficient (Wildman–Crippen LogP) is 13.9. The molecule has 0 radical (unpaired) electrons. The third kappa shape index (κ3) is 19.8. The number of rotatable bonds is 36. The van der Waals surface area contributed by atoms with Crippen LogP contribution < -0.4 is 15.2 Å². The van der Waals surface area contributed by atoms with E-state index in [1.54, 1.807) is 0 Å². The van der Waals surface area contributed by atoms with Crippen LogP contribution in [-0.4, -0.2) is 68.9 Å². The third-order valence-electron chi connectivity index (χ3n) is 12.3. The molecule has 57 heavy (non-hydrogen) atoms. The maximum Gasteiger partial charge on any atom is 0.320 e. The summed E-state index contributed by atoms with van der Waals surface area (Å²) in [5.41, 5.74) is 8.23. The van der Waals surface area contributed by atoms with E-state index in [0.717, 1.165) is 61.9 Å². The summed E-state index contributed by atoms with van der Waals surface area (Å²) < 4.78 is 30.7. The molecule has 0 unspecified atom stereocenters. The molecule has 9 heteroatoms. The molecule has 0 bridgehead atoms. The summed E-state index contributed by atoms with van der Waals surface area (Å²) in [5, 5.41) is 2.12. The minimum Gasteiger partial charge on any atom is -0.493 e. The number of ether oxygens (including phenoxy) is 4. The Bertz CT molecular complexity index is 1120. The molecular formula is C48H93NO6SSi. The number of carbonyl (C=O) groups excluding carboxylic acids is 1. The molecule has 1 aromatic carbocycles. The van der Waals surface area contributed by atoms with Crippen LogP contribution in [0.1, 0.15) is 191 Å². The van der Waals surface area contributed by atoms with Crippen LogP contribution in [0.2, 0.25) is 16.6 Å². The first-order valence-corrected chi connectivity index (χ1v) is 27.5. The second-order valence-electron chi connectivity index (χ2n) is 18.2. The first kappa shape index (κ1) is 53.8. The molecule has 0 heterocycles. The van der Waals surface area contributed by atoms with E-state index in [1.165, 1.54) is 77.0 Å². The Labute approximate surface area is 355 Å². The molecular weight excluding hydrogens is 747 g/mol. The van der Waals surface area contributed by atoms with Crippen molar-refractivity contribution in [3.05, 3.63) is 23.8 Å². The molecule has 336 valence electrons. The topological polar surface area (TPSA) is 89.2 Å². The van der Waals surface area contributed by atoms with Gasteiger partial charge in [-0.3, -0.25) is 4.79 Å². The quantitative estimate of drug-likeness (QED) is 0.0409. The van der Waals surface area contributed by atoms with Gasteiger partial charge in [0, 0.05) is 24.8 Å². The van der Waals surface area contributed by atoms with Gasteiger partial charge in [0.15, 0.2) is 8.32 Å². The number of benzene rings is 1. The van der Waals surface area contributed by atoms with Crippen molar-refractivity contribution in [2.45, 2.75) is 225 Å². The first-order chi connectivity index (χ1) is 27.2. The largest absolute Gasteiger partial charge is 0.493 e. The van der Waals surface area contributed by atoms with Gasteiger partial charge in [0.05, 0.1) is 25.7 Å². The number of unbranched alkanes of at least 4 members (excludes halogenated alkanes) is 14. The second-order valence-corrected chi connectivity index (χ2v) is 28.6. The zero-order valence-corrected chi connectivity index (χ0v) is 41.2. The van der Waals surface area contributed by atoms with Crippen molar-refractivity contribution < 1.29 is 28.2 Å². The first-order valence-electron chi connectivity index (χ1n) is 23.4. The summed E-state index contributed by atoms with van der Waals surface area (Å²) in [4.78, 5) is 11.7. The second kappa shape index (κ2) is 30.7. The van der Waals surface area contributed by atoms with Gasteiger partial charge >= 0.3 is 5.97 Å². The summed E-state index contributed by atoms with van der Waals surface area (Å²) in [5.74, 6) is 2.07. The van der Waals surface area contributed by atoms with Crippen molar-refractivity contribution in [2.24, 2.45) is 5.73 Å². The van der Waals surface area contributed by atoms with Crippen molar-refractivity contribution in [1.82, 2.24) is 0 Å². The average Bonchev–Trinajstić information content (AvgIpc) is 3.15. The molecule has 0 aromatic heterocycles. The molecule has 0 amide bonds. The Morgan fingerprint density at radius 3 is 1.44 bits per heavy atom. The zero-order valence-electron chi connectivity index (χ0n) is 39.4. The molecule has 0 aliphatic carbocycles. The van der Waals surface area contributed by atoms with Gasteiger partial charge in [0.1, 0.15) is 18.1 Å². The SMILES string of the molecule is CC(C)[Si](OCCCCCCCCCOc1cc(OCCCCCCCCCCCOCS(C(C)C)(C(C)C)C(C)C)ccc1COC(=O)CN)(C(C)C)C(C)C. The van der Waals surface area contributed by atoms with Crippen LogP contribution in [0, 0.1) is 0 Å². The highest BCUT2D eigenvalue weighted by Crippen LogP contribution is 2.60. The Morgan fingerprint density at radius 1 is 0.579 bits per heavy atom. The van der Waals surface area contributed by atoms with Crippen molar-refractivity contribution in [3.8, 4) is 11.5 Å². The van der Waals surface area contributed by atoms with Gasteiger partial charge in [-0.05, 0) is 70.2 Å². The van der Waals surface area contributed by atoms with Gasteiger partial charge in [-0.15, -0.1) is 0 Å². The molecule has 1 rings (SSSR count). The Morgan fingerprint density at radius 2 is 1.00 bits per heavy atom. The Balaban J connectivity index is 2.30. The zero-order chi connectivity index (χ0) is 42.7. The van der Waals surface area contributed by atoms with E-state index in [0.29, 0.717) is 45.6 Å². The lowest BCUT2D eigenvalue weighted by molar-refractivity contribution is -0.143. The number of carbonyl (C=O) groups is 1. The highest BCUT2D eigenvalue weighted by molar-refractivity contribution is 8.34. The van der Waals surface area contributed by atoms with Crippen LogP contribution in [0.5, 0.6) is 11.5 Å². The molecule has 0 aliphatic rings. The lowest BCUT2D eigenvalue weighted by atomic mass is 10.1. The van der Waals surface area contributed by atoms with E-state index in [2.05, 4.69) is 83.1 Å². The summed E-state index contributed by atoms with van der Waals surface area (Å²) >= 11 is 0. The van der Waals surface area contributed by atoms with Gasteiger partial charge in [0.2, 0.25) is 0 Å². The van der Waals surface area contributed by atoms with Crippen molar-refractivity contribution in [3.63, 3.8) is 0 Å². The van der Waals surface area contributed by atoms with Crippen LogP contribution in [0.3, 0.4) is 0 Å². The van der Waals surface area contributed by atoms with Crippen molar-refractivity contribution in [1.29, 1.82) is 0 Å². The van der Waals surface area contributed by atoms with E-state index in [1.807, 2.05) is 18.2 Å². The summed E-state index contributed by atoms with van der Waals surface area (Å²) in [6.07, 6.45) is 19.4. The molecule has 0 saturated carbocycles. The number of nitrogens with two attached hydrogens (primary N) is 1. The minimum atomic E-state index is -1.75. The lowest BCUT2D eigenvalue weighted by Gasteiger charge is -2.51. The van der Waals surface area contributed by atoms with Gasteiger partial charge in [-0.2, -0.15) is 0 Å². The highest BCUT2D eigenvalue weighted by Gasteiger charge is 2.44. The molecule has 0 aliphatic heterocycles. The molecule has 0 saturated heterocycles. The monoisotopic (exact) mass is 840 g/mol. The normalized spacial score (nSPS) is 12.9. The van der Waals surface area contributed by atoms with Crippen molar-refractivity contribution >= 4 is 24.3 Å². The fourth-order valence-electron chi connectivity index (χ4n) is 9.09. The summed E-state index contributed by atoms with van der Waals surface area (Å²) in [6, 6.07) is 5.84. The Kier molecular flexibility index (Phi) is 29.0. The van der Waals surface area contributed by atoms with Gasteiger partial charge in [0.25, 0.3) is 0 Å². The third-order valence-corrected chi connectivity index (χ3v) is 24.3. The molecule has 0 fully saturated rings. The summed E-state index contributed by atoms with van der Waals surface area (Å²) in [7, 11) is -2.51. The van der Waals surface area contributed by atoms with Crippen molar-refractivity contribution in [2.75, 3.05) is 38.9 Å². The standard InChI is InChI=1S/C48H93NO6SSi/c1-39(2)56(40(3)4,41(5)6)38-51-31-25-21-17-14-13-15-18-22-26-32-52-46-30-29-45(37-54-48(50)36-49)47(35-46)53-33-27-23-19-16-20-24-28-34-55-57(42(7)8,43(9)10)44(11)12/h29-30,35,39-44H,13-28,31-34,36-38,49H2,1-12H3. The van der Waals surface area contributed by atoms with Crippen LogP contribution in [0.15, 0.2) is 18.2 Å². The van der Waals surface area contributed by atoms with Gasteiger partial charge < -0.3 is 29.1 Å². The lowest BCUT2D eigenvalue weighted by Crippen LogP contribution is -2.47. The van der Waals surface area contributed by atoms with Gasteiger partial charge in [-0.25, -0.2) is 10.0 Å². The number of hydrogen-bond donors (Lipinski definition) is 1. The number of esters is 1. The van der Waals surface area contributed by atoms with E-state index in [-0.39, 0.29) is 13.2 Å². The van der Waals surface area contributed by atoms with E-state index < -0.39 is 24.3 Å². The molecule has 0 atom stereocenters. The Hall–Kier alpha value is -1.26. The van der Waals surface area contributed by atoms with E-state index >= 15 is 0 Å². The van der Waals surface area contributed by atoms with Crippen LogP contribution in [0.4, 0.5) is 0 Å². The smallest absolute Gasteiger partial charge is 0.320 e. The van der Waals surface area contributed by atoms with E-state index in [9.17, 15) is 4.79 Å². The predicted molar refractivity (Wildman–Crippen MR) is 251 cm³/mol. The molecule has 1 aromatic rings. The van der Waals surface area contributed by atoms with Crippen LogP contribution >= 0.6 is 10.0 Å².